The van der Waals surface area contributed by atoms with Crippen LogP contribution in [-0.2, 0) is 10.0 Å². The predicted octanol–water partition coefficient (Wildman–Crippen LogP) is 3.52. The molecule has 2 rings (SSSR count). The first-order valence-electron chi connectivity index (χ1n) is 5.32. The van der Waals surface area contributed by atoms with Crippen LogP contribution in [-0.4, -0.2) is 8.42 Å². The summed E-state index contributed by atoms with van der Waals surface area (Å²) in [7, 11) is -4.04. The summed E-state index contributed by atoms with van der Waals surface area (Å²) in [5.41, 5.74) is 5.60. The molecule has 0 heterocycles. The number of rotatable bonds is 3. The summed E-state index contributed by atoms with van der Waals surface area (Å²) in [5.74, 6) is -0.569. The maximum atomic E-state index is 13.1. The molecule has 0 unspecified atom stereocenters. The van der Waals surface area contributed by atoms with Crippen LogP contribution in [0, 0.1) is 5.82 Å². The van der Waals surface area contributed by atoms with Crippen LogP contribution in [0.3, 0.4) is 0 Å². The van der Waals surface area contributed by atoms with Crippen LogP contribution in [0.25, 0.3) is 0 Å². The zero-order valence-electron chi connectivity index (χ0n) is 9.90. The molecule has 4 nitrogen and oxygen atoms in total. The average molecular weight is 335 g/mol. The van der Waals surface area contributed by atoms with Crippen molar-refractivity contribution in [1.29, 1.82) is 0 Å². The quantitative estimate of drug-likeness (QED) is 0.843. The number of nitrogens with one attached hydrogen (secondary N) is 1. The van der Waals surface area contributed by atoms with Crippen LogP contribution in [0.2, 0.25) is 10.0 Å². The Morgan fingerprint density at radius 3 is 2.45 bits per heavy atom. The van der Waals surface area contributed by atoms with Gasteiger partial charge in [0.05, 0.1) is 16.4 Å². The van der Waals surface area contributed by atoms with Gasteiger partial charge in [0.25, 0.3) is 10.0 Å². The van der Waals surface area contributed by atoms with E-state index >= 15 is 0 Å². The Kier molecular flexibility index (Phi) is 4.08. The fraction of sp³-hybridized carbons (Fsp3) is 0. The number of hydrogen-bond donors (Lipinski definition) is 2. The highest BCUT2D eigenvalue weighted by Crippen LogP contribution is 2.32. The van der Waals surface area contributed by atoms with Crippen LogP contribution in [0.15, 0.2) is 41.3 Å². The molecular formula is C12H9Cl2FN2O2S. The third-order valence-corrected chi connectivity index (χ3v) is 4.51. The third-order valence-electron chi connectivity index (χ3n) is 2.38. The molecule has 0 aliphatic rings. The van der Waals surface area contributed by atoms with Crippen molar-refractivity contribution >= 4 is 44.6 Å². The topological polar surface area (TPSA) is 72.2 Å². The summed E-state index contributed by atoms with van der Waals surface area (Å²) in [6.45, 7) is 0. The van der Waals surface area contributed by atoms with Gasteiger partial charge in [0.1, 0.15) is 10.7 Å². The Labute approximate surface area is 125 Å². The lowest BCUT2D eigenvalue weighted by Crippen LogP contribution is -2.15. The van der Waals surface area contributed by atoms with E-state index in [9.17, 15) is 12.8 Å². The monoisotopic (exact) mass is 334 g/mol. The molecule has 0 amide bonds. The third kappa shape index (κ3) is 3.15. The molecule has 2 aromatic carbocycles. The maximum absolute atomic E-state index is 13.1. The van der Waals surface area contributed by atoms with Crippen molar-refractivity contribution in [3.05, 3.63) is 52.3 Å². The van der Waals surface area contributed by atoms with E-state index in [1.54, 1.807) is 0 Å². The van der Waals surface area contributed by atoms with Gasteiger partial charge in [-0.2, -0.15) is 0 Å². The molecule has 0 bridgehead atoms. The Bertz CT molecular complexity index is 743. The van der Waals surface area contributed by atoms with Gasteiger partial charge in [-0.3, -0.25) is 4.72 Å². The number of benzene rings is 2. The summed E-state index contributed by atoms with van der Waals surface area (Å²) < 4.78 is 39.7. The first-order valence-corrected chi connectivity index (χ1v) is 7.56. The van der Waals surface area contributed by atoms with Crippen LogP contribution < -0.4 is 10.5 Å². The van der Waals surface area contributed by atoms with Gasteiger partial charge in [-0.25, -0.2) is 12.8 Å². The SMILES string of the molecule is Nc1cc(Cl)cc(Cl)c1S(=O)(=O)Nc1cccc(F)c1. The summed E-state index contributed by atoms with van der Waals surface area (Å²) in [6.07, 6.45) is 0. The second-order valence-electron chi connectivity index (χ2n) is 3.92. The molecule has 0 radical (unpaired) electrons. The maximum Gasteiger partial charge on any atom is 0.265 e. The molecule has 0 saturated carbocycles. The van der Waals surface area contributed by atoms with Gasteiger partial charge >= 0.3 is 0 Å². The lowest BCUT2D eigenvalue weighted by atomic mass is 10.3. The summed E-state index contributed by atoms with van der Waals surface area (Å²) in [5, 5.41) is 0.108. The molecule has 0 saturated heterocycles. The predicted molar refractivity (Wildman–Crippen MR) is 78.1 cm³/mol. The first-order chi connectivity index (χ1) is 9.29. The molecule has 0 fully saturated rings. The summed E-state index contributed by atoms with van der Waals surface area (Å²) in [4.78, 5) is -0.298. The van der Waals surface area contributed by atoms with Crippen molar-refractivity contribution in [3.8, 4) is 0 Å². The van der Waals surface area contributed by atoms with Crippen molar-refractivity contribution in [2.75, 3.05) is 10.5 Å². The average Bonchev–Trinajstić information content (AvgIpc) is 2.25. The highest BCUT2D eigenvalue weighted by molar-refractivity contribution is 7.93. The van der Waals surface area contributed by atoms with Gasteiger partial charge in [0, 0.05) is 5.02 Å². The number of nitrogens with two attached hydrogens (primary N) is 1. The Hall–Kier alpha value is -1.50. The number of nitrogen functional groups attached to an aromatic ring is 1. The Morgan fingerprint density at radius 1 is 1.15 bits per heavy atom. The van der Waals surface area contributed by atoms with Crippen molar-refractivity contribution in [2.24, 2.45) is 0 Å². The van der Waals surface area contributed by atoms with Gasteiger partial charge in [-0.15, -0.1) is 0 Å². The molecule has 0 aliphatic carbocycles. The highest BCUT2D eigenvalue weighted by atomic mass is 35.5. The van der Waals surface area contributed by atoms with Crippen molar-refractivity contribution in [2.45, 2.75) is 4.90 Å². The summed E-state index contributed by atoms with van der Waals surface area (Å²) >= 11 is 11.6. The minimum atomic E-state index is -4.04. The zero-order valence-corrected chi connectivity index (χ0v) is 12.2. The van der Waals surface area contributed by atoms with E-state index in [4.69, 9.17) is 28.9 Å². The van der Waals surface area contributed by atoms with Crippen LogP contribution in [0.1, 0.15) is 0 Å². The van der Waals surface area contributed by atoms with E-state index in [-0.39, 0.29) is 26.3 Å². The van der Waals surface area contributed by atoms with Gasteiger partial charge in [0.15, 0.2) is 0 Å². The van der Waals surface area contributed by atoms with Gasteiger partial charge in [0.2, 0.25) is 0 Å². The van der Waals surface area contributed by atoms with Crippen LogP contribution in [0.5, 0.6) is 0 Å². The molecule has 106 valence electrons. The molecule has 0 aromatic heterocycles. The molecule has 0 aliphatic heterocycles. The Morgan fingerprint density at radius 2 is 1.85 bits per heavy atom. The molecular weight excluding hydrogens is 326 g/mol. The van der Waals surface area contributed by atoms with E-state index in [1.807, 2.05) is 0 Å². The first kappa shape index (κ1) is 14.9. The van der Waals surface area contributed by atoms with Crippen molar-refractivity contribution in [3.63, 3.8) is 0 Å². The standard InChI is InChI=1S/C12H9Cl2FN2O2S/c13-7-4-10(14)12(11(16)5-7)20(18,19)17-9-3-1-2-8(15)6-9/h1-6,17H,16H2. The normalized spacial score (nSPS) is 11.3. The molecule has 0 atom stereocenters. The van der Waals surface area contributed by atoms with E-state index in [0.29, 0.717) is 0 Å². The van der Waals surface area contributed by atoms with Gasteiger partial charge < -0.3 is 5.73 Å². The fourth-order valence-corrected chi connectivity index (χ4v) is 3.66. The fourth-order valence-electron chi connectivity index (χ4n) is 1.62. The van der Waals surface area contributed by atoms with E-state index < -0.39 is 15.8 Å². The molecule has 2 aromatic rings. The number of hydrogen-bond acceptors (Lipinski definition) is 3. The highest BCUT2D eigenvalue weighted by Gasteiger charge is 2.22. The number of halogens is 3. The molecule has 3 N–H and O–H groups in total. The number of anilines is 2. The second-order valence-corrected chi connectivity index (χ2v) is 6.38. The van der Waals surface area contributed by atoms with E-state index in [1.165, 1.54) is 30.3 Å². The summed E-state index contributed by atoms with van der Waals surface area (Å²) in [6, 6.07) is 7.55. The zero-order chi connectivity index (χ0) is 14.9. The van der Waals surface area contributed by atoms with Crippen molar-refractivity contribution < 1.29 is 12.8 Å². The minimum Gasteiger partial charge on any atom is -0.398 e. The second kappa shape index (κ2) is 5.47. The smallest absolute Gasteiger partial charge is 0.265 e. The van der Waals surface area contributed by atoms with Crippen molar-refractivity contribution in [1.82, 2.24) is 0 Å². The van der Waals surface area contributed by atoms with Gasteiger partial charge in [-0.1, -0.05) is 29.3 Å². The molecule has 0 spiro atoms. The largest absolute Gasteiger partial charge is 0.398 e. The number of sulfonamides is 1. The van der Waals surface area contributed by atoms with Gasteiger partial charge in [-0.05, 0) is 30.3 Å². The lowest BCUT2D eigenvalue weighted by molar-refractivity contribution is 0.601. The van der Waals surface area contributed by atoms with E-state index in [0.717, 1.165) is 6.07 Å². The lowest BCUT2D eigenvalue weighted by Gasteiger charge is -2.12. The van der Waals surface area contributed by atoms with Crippen LogP contribution in [0.4, 0.5) is 15.8 Å². The molecule has 8 heteroatoms. The van der Waals surface area contributed by atoms with Crippen LogP contribution >= 0.6 is 23.2 Å². The van der Waals surface area contributed by atoms with E-state index in [2.05, 4.69) is 4.72 Å². The molecule has 20 heavy (non-hydrogen) atoms. The minimum absolute atomic E-state index is 0.0652. The Balaban J connectivity index is 2.46.